The molecule has 0 aromatic carbocycles. The molecule has 1 aliphatic heterocycles. The van der Waals surface area contributed by atoms with Gasteiger partial charge in [-0.1, -0.05) is 0 Å². The molecule has 3 heterocycles. The van der Waals surface area contributed by atoms with Gasteiger partial charge in [-0.3, -0.25) is 14.7 Å². The normalized spacial score (nSPS) is 16.4. The van der Waals surface area contributed by atoms with Crippen molar-refractivity contribution < 1.29 is 22.2 Å². The number of imidazole rings is 1. The highest BCUT2D eigenvalue weighted by molar-refractivity contribution is 5.85. The van der Waals surface area contributed by atoms with Crippen LogP contribution < -0.4 is 15.9 Å². The molecular formula is C14H23F3N6O2. The predicted molar refractivity (Wildman–Crippen MR) is 90.8 cm³/mol. The number of hydrogen-bond donors (Lipinski definition) is 3. The SMILES string of the molecule is O=C(CN1CCN(c2ccnc3[nH]c(=O)[nH]c23)CC1)NCC(F)(F)F.[HH].[HH].[HH]. The highest BCUT2D eigenvalue weighted by Gasteiger charge is 2.28. The monoisotopic (exact) mass is 364 g/mol. The van der Waals surface area contributed by atoms with E-state index in [0.29, 0.717) is 37.3 Å². The molecule has 8 nitrogen and oxygen atoms in total. The third-order valence-electron chi connectivity index (χ3n) is 3.97. The molecular weight excluding hydrogens is 341 g/mol. The van der Waals surface area contributed by atoms with Crippen LogP contribution in [0.3, 0.4) is 0 Å². The Morgan fingerprint density at radius 2 is 2.00 bits per heavy atom. The van der Waals surface area contributed by atoms with Gasteiger partial charge in [0.1, 0.15) is 12.1 Å². The topological polar surface area (TPSA) is 97.1 Å². The summed E-state index contributed by atoms with van der Waals surface area (Å²) in [5, 5.41) is 1.87. The third-order valence-corrected chi connectivity index (χ3v) is 3.97. The van der Waals surface area contributed by atoms with E-state index in [1.54, 1.807) is 17.2 Å². The van der Waals surface area contributed by atoms with Crippen LogP contribution in [0.5, 0.6) is 0 Å². The number of carbonyl (C=O) groups is 1. The summed E-state index contributed by atoms with van der Waals surface area (Å²) in [6.07, 6.45) is -2.81. The minimum Gasteiger partial charge on any atom is -0.367 e. The Morgan fingerprint density at radius 3 is 2.68 bits per heavy atom. The molecule has 11 heteroatoms. The Bertz CT molecular complexity index is 820. The number of fused-ring (bicyclic) bond motifs is 1. The second-order valence-corrected chi connectivity index (χ2v) is 5.79. The van der Waals surface area contributed by atoms with Gasteiger partial charge in [0.2, 0.25) is 5.91 Å². The second kappa shape index (κ2) is 6.75. The average Bonchev–Trinajstić information content (AvgIpc) is 2.93. The van der Waals surface area contributed by atoms with Crippen molar-refractivity contribution in [2.45, 2.75) is 6.18 Å². The first-order valence-corrected chi connectivity index (χ1v) is 7.69. The van der Waals surface area contributed by atoms with Crippen molar-refractivity contribution in [3.63, 3.8) is 0 Å². The first kappa shape index (κ1) is 17.3. The lowest BCUT2D eigenvalue weighted by atomic mass is 10.2. The molecule has 0 saturated carbocycles. The van der Waals surface area contributed by atoms with Gasteiger partial charge in [0.05, 0.1) is 12.2 Å². The minimum absolute atomic E-state index is 0. The molecule has 1 fully saturated rings. The molecule has 25 heavy (non-hydrogen) atoms. The lowest BCUT2D eigenvalue weighted by Gasteiger charge is -2.35. The van der Waals surface area contributed by atoms with Crippen LogP contribution in [0.15, 0.2) is 17.1 Å². The van der Waals surface area contributed by atoms with Crippen molar-refractivity contribution in [1.82, 2.24) is 25.2 Å². The van der Waals surface area contributed by atoms with Crippen LogP contribution in [-0.4, -0.2) is 71.2 Å². The number of alkyl halides is 3. The van der Waals surface area contributed by atoms with Gasteiger partial charge < -0.3 is 15.2 Å². The first-order chi connectivity index (χ1) is 11.8. The van der Waals surface area contributed by atoms with E-state index in [1.807, 2.05) is 10.2 Å². The molecule has 0 spiro atoms. The molecule has 142 valence electrons. The molecule has 0 aliphatic carbocycles. The van der Waals surface area contributed by atoms with Gasteiger partial charge in [-0.05, 0) is 6.07 Å². The van der Waals surface area contributed by atoms with Crippen molar-refractivity contribution in [2.24, 2.45) is 0 Å². The highest BCUT2D eigenvalue weighted by Crippen LogP contribution is 2.22. The standard InChI is InChI=1S/C14H17F3N6O2.3H2/c15-14(16,17)8-19-10(24)7-22-3-5-23(6-4-22)9-1-2-18-12-11(9)20-13(25)21-12;;;/h1-2H,3-8H2,(H,19,24)(H2,18,20,21,25);3*1H. The number of carbonyl (C=O) groups excluding carboxylic acids is 1. The number of amides is 1. The van der Waals surface area contributed by atoms with Gasteiger partial charge in [-0.2, -0.15) is 13.2 Å². The molecule has 1 saturated heterocycles. The molecule has 0 radical (unpaired) electrons. The van der Waals surface area contributed by atoms with Gasteiger partial charge >= 0.3 is 11.9 Å². The number of halogens is 3. The number of nitrogens with one attached hydrogen (secondary N) is 3. The number of hydrogen-bond acceptors (Lipinski definition) is 5. The third kappa shape index (κ3) is 4.29. The summed E-state index contributed by atoms with van der Waals surface area (Å²) in [6, 6.07) is 1.79. The summed E-state index contributed by atoms with van der Waals surface area (Å²) in [7, 11) is 0. The Balaban J connectivity index is 0.00000243. The number of H-pyrrole nitrogens is 2. The molecule has 3 N–H and O–H groups in total. The minimum atomic E-state index is -4.41. The fourth-order valence-corrected chi connectivity index (χ4v) is 2.79. The number of nitrogens with zero attached hydrogens (tertiary/aromatic N) is 3. The van der Waals surface area contributed by atoms with Crippen LogP contribution in [0.25, 0.3) is 11.2 Å². The summed E-state index contributed by atoms with van der Waals surface area (Å²) in [6.45, 7) is 0.825. The van der Waals surface area contributed by atoms with E-state index in [9.17, 15) is 22.8 Å². The van der Waals surface area contributed by atoms with Crippen molar-refractivity contribution in [1.29, 1.82) is 0 Å². The zero-order valence-electron chi connectivity index (χ0n) is 13.2. The fourth-order valence-electron chi connectivity index (χ4n) is 2.79. The van der Waals surface area contributed by atoms with Crippen LogP contribution in [-0.2, 0) is 4.79 Å². The lowest BCUT2D eigenvalue weighted by Crippen LogP contribution is -2.50. The Morgan fingerprint density at radius 1 is 1.28 bits per heavy atom. The van der Waals surface area contributed by atoms with Gasteiger partial charge in [0.25, 0.3) is 0 Å². The number of piperazine rings is 1. The van der Waals surface area contributed by atoms with Crippen LogP contribution in [0.4, 0.5) is 18.9 Å². The number of pyridine rings is 1. The zero-order chi connectivity index (χ0) is 18.0. The van der Waals surface area contributed by atoms with E-state index < -0.39 is 18.6 Å². The smallest absolute Gasteiger partial charge is 0.367 e. The Kier molecular flexibility index (Phi) is 4.66. The highest BCUT2D eigenvalue weighted by atomic mass is 19.4. The van der Waals surface area contributed by atoms with E-state index in [-0.39, 0.29) is 16.5 Å². The molecule has 3 rings (SSSR count). The predicted octanol–water partition coefficient (Wildman–Crippen LogP) is 0.790. The number of aromatic amines is 2. The van der Waals surface area contributed by atoms with E-state index in [2.05, 4.69) is 15.0 Å². The van der Waals surface area contributed by atoms with Crippen LogP contribution in [0.1, 0.15) is 4.28 Å². The maximum absolute atomic E-state index is 12.1. The van der Waals surface area contributed by atoms with Crippen molar-refractivity contribution in [3.8, 4) is 0 Å². The molecule has 2 aromatic heterocycles. The van der Waals surface area contributed by atoms with Crippen molar-refractivity contribution >= 4 is 22.8 Å². The van der Waals surface area contributed by atoms with Crippen molar-refractivity contribution in [2.75, 3.05) is 44.2 Å². The summed E-state index contributed by atoms with van der Waals surface area (Å²) in [5.74, 6) is -0.646. The van der Waals surface area contributed by atoms with E-state index in [0.717, 1.165) is 5.69 Å². The molecule has 2 aromatic rings. The summed E-state index contributed by atoms with van der Waals surface area (Å²) >= 11 is 0. The zero-order valence-corrected chi connectivity index (χ0v) is 13.2. The number of anilines is 1. The summed E-state index contributed by atoms with van der Waals surface area (Å²) < 4.78 is 36.3. The summed E-state index contributed by atoms with van der Waals surface area (Å²) in [4.78, 5) is 36.2. The number of aromatic nitrogens is 3. The van der Waals surface area contributed by atoms with Crippen LogP contribution >= 0.6 is 0 Å². The van der Waals surface area contributed by atoms with Gasteiger partial charge in [0, 0.05) is 36.7 Å². The maximum atomic E-state index is 12.1. The molecule has 0 unspecified atom stereocenters. The van der Waals surface area contributed by atoms with Gasteiger partial charge in [0.15, 0.2) is 5.65 Å². The van der Waals surface area contributed by atoms with Gasteiger partial charge in [-0.15, -0.1) is 0 Å². The van der Waals surface area contributed by atoms with E-state index >= 15 is 0 Å². The van der Waals surface area contributed by atoms with Gasteiger partial charge in [-0.25, -0.2) is 9.78 Å². The summed E-state index contributed by atoms with van der Waals surface area (Å²) in [5.41, 5.74) is 1.57. The molecule has 0 atom stereocenters. The first-order valence-electron chi connectivity index (χ1n) is 7.69. The second-order valence-electron chi connectivity index (χ2n) is 5.79. The largest absolute Gasteiger partial charge is 0.405 e. The molecule has 1 aliphatic rings. The quantitative estimate of drug-likeness (QED) is 0.745. The molecule has 1 amide bonds. The van der Waals surface area contributed by atoms with Crippen LogP contribution in [0.2, 0.25) is 0 Å². The van der Waals surface area contributed by atoms with Crippen LogP contribution in [0, 0.1) is 0 Å². The van der Waals surface area contributed by atoms with Crippen molar-refractivity contribution in [3.05, 3.63) is 22.7 Å². The lowest BCUT2D eigenvalue weighted by molar-refractivity contribution is -0.139. The number of rotatable bonds is 4. The van der Waals surface area contributed by atoms with E-state index in [4.69, 9.17) is 0 Å². The Hall–Kier alpha value is -2.56. The maximum Gasteiger partial charge on any atom is 0.405 e. The average molecular weight is 364 g/mol. The molecule has 0 bridgehead atoms. The van der Waals surface area contributed by atoms with E-state index in [1.165, 1.54) is 0 Å². The Labute approximate surface area is 144 Å². The fraction of sp³-hybridized carbons (Fsp3) is 0.500.